The highest BCUT2D eigenvalue weighted by atomic mass is 79.9. The number of hydrogen-bond donors (Lipinski definition) is 1. The van der Waals surface area contributed by atoms with Crippen molar-refractivity contribution >= 4 is 15.9 Å². The van der Waals surface area contributed by atoms with E-state index in [1.807, 2.05) is 7.05 Å². The molecule has 2 rings (SSSR count). The molecule has 0 bridgehead atoms. The van der Waals surface area contributed by atoms with Crippen LogP contribution in [0.3, 0.4) is 0 Å². The summed E-state index contributed by atoms with van der Waals surface area (Å²) in [6, 6.07) is 3.93. The summed E-state index contributed by atoms with van der Waals surface area (Å²) in [6.45, 7) is 0. The lowest BCUT2D eigenvalue weighted by Crippen LogP contribution is -2.43. The Kier molecular flexibility index (Phi) is 4.96. The van der Waals surface area contributed by atoms with Crippen LogP contribution < -0.4 is 10.1 Å². The summed E-state index contributed by atoms with van der Waals surface area (Å²) >= 11 is 3.20. The topological polar surface area (TPSA) is 21.3 Å². The summed E-state index contributed by atoms with van der Waals surface area (Å²) in [5, 5.41) is 3.13. The Morgan fingerprint density at radius 1 is 1.25 bits per heavy atom. The molecule has 2 nitrogen and oxygen atoms in total. The predicted molar refractivity (Wildman–Crippen MR) is 74.9 cm³/mol. The van der Waals surface area contributed by atoms with E-state index in [-0.39, 0.29) is 17.9 Å². The molecule has 6 heteroatoms. The molecule has 1 saturated carbocycles. The monoisotopic (exact) mass is 351 g/mol. The average molecular weight is 352 g/mol. The van der Waals surface area contributed by atoms with Gasteiger partial charge in [-0.1, -0.05) is 22.4 Å². The van der Waals surface area contributed by atoms with E-state index in [1.165, 1.54) is 12.1 Å². The van der Waals surface area contributed by atoms with Crippen molar-refractivity contribution in [3.8, 4) is 5.75 Å². The Labute approximate surface area is 124 Å². The van der Waals surface area contributed by atoms with Crippen LogP contribution in [0.2, 0.25) is 0 Å². The van der Waals surface area contributed by atoms with Gasteiger partial charge in [0.15, 0.2) is 0 Å². The van der Waals surface area contributed by atoms with Crippen molar-refractivity contribution in [2.24, 2.45) is 0 Å². The molecule has 0 amide bonds. The van der Waals surface area contributed by atoms with Crippen LogP contribution in [0.5, 0.6) is 5.75 Å². The first-order chi connectivity index (χ1) is 9.41. The number of nitrogens with one attached hydrogen (secondary N) is 1. The Morgan fingerprint density at radius 2 is 1.95 bits per heavy atom. The zero-order valence-corrected chi connectivity index (χ0v) is 12.7. The second-order valence-corrected chi connectivity index (χ2v) is 5.89. The molecular formula is C14H17BrF3NO. The van der Waals surface area contributed by atoms with Crippen molar-refractivity contribution < 1.29 is 17.9 Å². The third-order valence-electron chi connectivity index (χ3n) is 3.60. The minimum atomic E-state index is -4.40. The highest BCUT2D eigenvalue weighted by Crippen LogP contribution is 2.39. The molecule has 1 aromatic carbocycles. The number of benzene rings is 1. The third kappa shape index (κ3) is 3.67. The van der Waals surface area contributed by atoms with E-state index in [2.05, 4.69) is 21.2 Å². The van der Waals surface area contributed by atoms with Crippen molar-refractivity contribution in [2.75, 3.05) is 7.05 Å². The van der Waals surface area contributed by atoms with Gasteiger partial charge in [-0.25, -0.2) is 0 Å². The molecule has 1 aliphatic carbocycles. The number of likely N-dealkylation sites (N-methyl/N-ethyl adjacent to an activating group) is 1. The lowest BCUT2D eigenvalue weighted by atomic mass is 9.92. The molecule has 0 heterocycles. The normalized spacial score (nSPS) is 23.6. The summed E-state index contributed by atoms with van der Waals surface area (Å²) in [6.07, 6.45) is -0.857. The maximum Gasteiger partial charge on any atom is 0.419 e. The van der Waals surface area contributed by atoms with E-state index in [0.717, 1.165) is 31.7 Å². The molecule has 112 valence electrons. The zero-order valence-electron chi connectivity index (χ0n) is 11.1. The Bertz CT molecular complexity index is 464. The van der Waals surface area contributed by atoms with Gasteiger partial charge in [0.25, 0.3) is 0 Å². The minimum Gasteiger partial charge on any atom is -0.488 e. The van der Waals surface area contributed by atoms with Crippen molar-refractivity contribution in [3.63, 3.8) is 0 Å². The highest BCUT2D eigenvalue weighted by molar-refractivity contribution is 9.10. The molecule has 20 heavy (non-hydrogen) atoms. The summed E-state index contributed by atoms with van der Waals surface area (Å²) in [5.41, 5.74) is -0.721. The molecule has 1 fully saturated rings. The van der Waals surface area contributed by atoms with E-state index in [4.69, 9.17) is 4.74 Å². The standard InChI is InChI=1S/C14H17BrF3NO/c1-19-11-4-2-3-5-12(11)20-13-8-9(15)6-7-10(13)14(16,17)18/h6-8,11-12,19H,2-5H2,1H3. The number of hydrogen-bond acceptors (Lipinski definition) is 2. The quantitative estimate of drug-likeness (QED) is 0.872. The first-order valence-electron chi connectivity index (χ1n) is 6.62. The van der Waals surface area contributed by atoms with E-state index in [9.17, 15) is 13.2 Å². The number of alkyl halides is 3. The van der Waals surface area contributed by atoms with Gasteiger partial charge in [-0.05, 0) is 44.5 Å². The number of rotatable bonds is 3. The van der Waals surface area contributed by atoms with Gasteiger partial charge in [0.05, 0.1) is 5.56 Å². The first-order valence-corrected chi connectivity index (χ1v) is 7.42. The second-order valence-electron chi connectivity index (χ2n) is 4.97. The van der Waals surface area contributed by atoms with Crippen LogP contribution in [0.25, 0.3) is 0 Å². The van der Waals surface area contributed by atoms with Gasteiger partial charge in [0.2, 0.25) is 0 Å². The molecule has 2 unspecified atom stereocenters. The SMILES string of the molecule is CNC1CCCCC1Oc1cc(Br)ccc1C(F)(F)F. The predicted octanol–water partition coefficient (Wildman–Crippen LogP) is 4.38. The molecule has 0 saturated heterocycles. The van der Waals surface area contributed by atoms with Crippen LogP contribution >= 0.6 is 15.9 Å². The molecule has 0 aromatic heterocycles. The van der Waals surface area contributed by atoms with Gasteiger partial charge in [-0.15, -0.1) is 0 Å². The van der Waals surface area contributed by atoms with Crippen LogP contribution in [-0.4, -0.2) is 19.2 Å². The fourth-order valence-corrected chi connectivity index (χ4v) is 2.90. The van der Waals surface area contributed by atoms with Gasteiger partial charge in [0, 0.05) is 10.5 Å². The zero-order chi connectivity index (χ0) is 14.8. The highest BCUT2D eigenvalue weighted by Gasteiger charge is 2.36. The van der Waals surface area contributed by atoms with Crippen molar-refractivity contribution in [3.05, 3.63) is 28.2 Å². The summed E-state index contributed by atoms with van der Waals surface area (Å²) in [5.74, 6) is -0.0981. The van der Waals surface area contributed by atoms with E-state index in [0.29, 0.717) is 4.47 Å². The fraction of sp³-hybridized carbons (Fsp3) is 0.571. The Morgan fingerprint density at radius 3 is 2.60 bits per heavy atom. The van der Waals surface area contributed by atoms with E-state index in [1.54, 1.807) is 0 Å². The van der Waals surface area contributed by atoms with E-state index < -0.39 is 11.7 Å². The van der Waals surface area contributed by atoms with Crippen molar-refractivity contribution in [2.45, 2.75) is 44.0 Å². The van der Waals surface area contributed by atoms with Crippen LogP contribution in [0.15, 0.2) is 22.7 Å². The minimum absolute atomic E-state index is 0.0981. The molecule has 0 aliphatic heterocycles. The number of halogens is 4. The summed E-state index contributed by atoms with van der Waals surface area (Å²) < 4.78 is 45.3. The van der Waals surface area contributed by atoms with Gasteiger partial charge in [-0.2, -0.15) is 13.2 Å². The van der Waals surface area contributed by atoms with Crippen molar-refractivity contribution in [1.29, 1.82) is 0 Å². The maximum atomic E-state index is 13.0. The third-order valence-corrected chi connectivity index (χ3v) is 4.09. The molecule has 2 atom stereocenters. The maximum absolute atomic E-state index is 13.0. The van der Waals surface area contributed by atoms with Gasteiger partial charge in [0.1, 0.15) is 11.9 Å². The lowest BCUT2D eigenvalue weighted by Gasteiger charge is -2.32. The number of ether oxygens (including phenoxy) is 1. The van der Waals surface area contributed by atoms with Gasteiger partial charge in [-0.3, -0.25) is 0 Å². The summed E-state index contributed by atoms with van der Waals surface area (Å²) in [4.78, 5) is 0. The molecule has 0 spiro atoms. The van der Waals surface area contributed by atoms with Gasteiger partial charge < -0.3 is 10.1 Å². The van der Waals surface area contributed by atoms with Gasteiger partial charge >= 0.3 is 6.18 Å². The fourth-order valence-electron chi connectivity index (χ4n) is 2.56. The second kappa shape index (κ2) is 6.35. The average Bonchev–Trinajstić information content (AvgIpc) is 2.38. The van der Waals surface area contributed by atoms with E-state index >= 15 is 0 Å². The smallest absolute Gasteiger partial charge is 0.419 e. The van der Waals surface area contributed by atoms with Crippen LogP contribution in [0.1, 0.15) is 31.2 Å². The van der Waals surface area contributed by atoms with Crippen LogP contribution in [0.4, 0.5) is 13.2 Å². The van der Waals surface area contributed by atoms with Crippen molar-refractivity contribution in [1.82, 2.24) is 5.32 Å². The lowest BCUT2D eigenvalue weighted by molar-refractivity contribution is -0.139. The first kappa shape index (κ1) is 15.6. The summed E-state index contributed by atoms with van der Waals surface area (Å²) in [7, 11) is 1.82. The molecule has 0 radical (unpaired) electrons. The largest absolute Gasteiger partial charge is 0.488 e. The Hall–Kier alpha value is -0.750. The molecular weight excluding hydrogens is 335 g/mol. The van der Waals surface area contributed by atoms with Crippen LogP contribution in [-0.2, 0) is 6.18 Å². The molecule has 1 aliphatic rings. The Balaban J connectivity index is 2.25. The molecule has 1 aromatic rings. The molecule has 1 N–H and O–H groups in total. The van der Waals surface area contributed by atoms with Crippen LogP contribution in [0, 0.1) is 0 Å².